The van der Waals surface area contributed by atoms with E-state index in [1.165, 1.54) is 0 Å². The van der Waals surface area contributed by atoms with Crippen molar-refractivity contribution in [3.8, 4) is 5.75 Å². The maximum Gasteiger partial charge on any atom is 0.166 e. The minimum absolute atomic E-state index is 0.0789. The van der Waals surface area contributed by atoms with Crippen molar-refractivity contribution < 1.29 is 9.47 Å². The molecule has 0 aromatic heterocycles. The molecule has 0 unspecified atom stereocenters. The van der Waals surface area contributed by atoms with Crippen LogP contribution in [0.1, 0.15) is 0 Å². The summed E-state index contributed by atoms with van der Waals surface area (Å²) >= 11 is 8.44. The van der Waals surface area contributed by atoms with Gasteiger partial charge in [0.2, 0.25) is 0 Å². The van der Waals surface area contributed by atoms with Gasteiger partial charge in [-0.3, -0.25) is 0 Å². The first-order chi connectivity index (χ1) is 8.66. The summed E-state index contributed by atoms with van der Waals surface area (Å²) in [5, 5.41) is 0.404. The van der Waals surface area contributed by atoms with E-state index in [1.807, 2.05) is 29.2 Å². The van der Waals surface area contributed by atoms with Gasteiger partial charge in [0.15, 0.2) is 5.11 Å². The van der Waals surface area contributed by atoms with Crippen molar-refractivity contribution in [2.45, 2.75) is 6.04 Å². The van der Waals surface area contributed by atoms with Crippen LogP contribution in [-0.4, -0.2) is 42.4 Å². The number of nitrogens with two attached hydrogens (primary N) is 1. The molecule has 2 N–H and O–H groups in total. The molecule has 0 saturated carbocycles. The Morgan fingerprint density at radius 3 is 3.17 bits per heavy atom. The average molecular weight is 331 g/mol. The van der Waals surface area contributed by atoms with Crippen LogP contribution in [0.5, 0.6) is 5.75 Å². The van der Waals surface area contributed by atoms with Crippen molar-refractivity contribution in [3.63, 3.8) is 0 Å². The Balaban J connectivity index is 1.93. The molecule has 6 heteroatoms. The molecule has 1 heterocycles. The van der Waals surface area contributed by atoms with E-state index in [-0.39, 0.29) is 6.04 Å². The van der Waals surface area contributed by atoms with Gasteiger partial charge in [0.05, 0.1) is 19.3 Å². The third-order valence-corrected chi connectivity index (χ3v) is 3.48. The fourth-order valence-corrected chi connectivity index (χ4v) is 2.45. The van der Waals surface area contributed by atoms with E-state index in [2.05, 4.69) is 15.9 Å². The topological polar surface area (TPSA) is 47.7 Å². The third kappa shape index (κ3) is 3.57. The van der Waals surface area contributed by atoms with Gasteiger partial charge in [-0.25, -0.2) is 0 Å². The maximum atomic E-state index is 5.74. The normalized spacial score (nSPS) is 19.6. The Labute approximate surface area is 120 Å². The quantitative estimate of drug-likeness (QED) is 0.856. The molecule has 1 saturated heterocycles. The zero-order valence-electron chi connectivity index (χ0n) is 9.84. The lowest BCUT2D eigenvalue weighted by Crippen LogP contribution is -2.53. The summed E-state index contributed by atoms with van der Waals surface area (Å²) in [6.07, 6.45) is 0. The van der Waals surface area contributed by atoms with Crippen LogP contribution in [0, 0.1) is 0 Å². The summed E-state index contributed by atoms with van der Waals surface area (Å²) in [7, 11) is 0. The van der Waals surface area contributed by atoms with Crippen molar-refractivity contribution in [2.75, 3.05) is 26.4 Å². The van der Waals surface area contributed by atoms with E-state index in [9.17, 15) is 0 Å². The maximum absolute atomic E-state index is 5.74. The van der Waals surface area contributed by atoms with E-state index in [0.29, 0.717) is 24.9 Å². The molecule has 4 nitrogen and oxygen atoms in total. The minimum Gasteiger partial charge on any atom is -0.491 e. The Bertz CT molecular complexity index is 430. The van der Waals surface area contributed by atoms with Crippen LogP contribution in [0.15, 0.2) is 28.7 Å². The highest BCUT2D eigenvalue weighted by Gasteiger charge is 2.24. The summed E-state index contributed by atoms with van der Waals surface area (Å²) in [4.78, 5) is 1.96. The minimum atomic E-state index is 0.0789. The molecule has 1 aliphatic heterocycles. The molecular weight excluding hydrogens is 316 g/mol. The molecule has 0 radical (unpaired) electrons. The summed E-state index contributed by atoms with van der Waals surface area (Å²) in [5.41, 5.74) is 5.69. The Hall–Kier alpha value is -0.850. The van der Waals surface area contributed by atoms with Gasteiger partial charge < -0.3 is 20.1 Å². The molecule has 1 aromatic carbocycles. The van der Waals surface area contributed by atoms with Gasteiger partial charge >= 0.3 is 0 Å². The molecule has 0 spiro atoms. The predicted molar refractivity (Wildman–Crippen MR) is 77.7 cm³/mol. The van der Waals surface area contributed by atoms with E-state index < -0.39 is 0 Å². The van der Waals surface area contributed by atoms with Crippen LogP contribution in [0.4, 0.5) is 0 Å². The van der Waals surface area contributed by atoms with Crippen LogP contribution in [0.2, 0.25) is 0 Å². The van der Waals surface area contributed by atoms with Crippen LogP contribution in [0.25, 0.3) is 0 Å². The van der Waals surface area contributed by atoms with Gasteiger partial charge in [-0.2, -0.15) is 0 Å². The molecule has 18 heavy (non-hydrogen) atoms. The molecule has 0 bridgehead atoms. The fraction of sp³-hybridized carbons (Fsp3) is 0.417. The average Bonchev–Trinajstić information content (AvgIpc) is 2.37. The molecule has 98 valence electrons. The van der Waals surface area contributed by atoms with Crippen molar-refractivity contribution in [2.24, 2.45) is 5.73 Å². The first-order valence-electron chi connectivity index (χ1n) is 5.69. The number of thiocarbonyl (C=S) groups is 1. The summed E-state index contributed by atoms with van der Waals surface area (Å²) in [6.45, 7) is 2.48. The second-order valence-electron chi connectivity index (χ2n) is 4.03. The highest BCUT2D eigenvalue weighted by atomic mass is 79.9. The summed E-state index contributed by atoms with van der Waals surface area (Å²) in [5.74, 6) is 0.817. The lowest BCUT2D eigenvalue weighted by atomic mass is 10.2. The van der Waals surface area contributed by atoms with Crippen LogP contribution < -0.4 is 10.5 Å². The van der Waals surface area contributed by atoms with Gasteiger partial charge in [-0.1, -0.05) is 22.0 Å². The predicted octanol–water partition coefficient (Wildman–Crippen LogP) is 1.77. The summed E-state index contributed by atoms with van der Waals surface area (Å²) < 4.78 is 12.2. The van der Waals surface area contributed by atoms with Crippen molar-refractivity contribution in [1.82, 2.24) is 4.90 Å². The Morgan fingerprint density at radius 2 is 2.44 bits per heavy atom. The molecule has 0 aliphatic carbocycles. The van der Waals surface area contributed by atoms with Gasteiger partial charge in [-0.15, -0.1) is 0 Å². The number of hydrogen-bond donors (Lipinski definition) is 1. The number of rotatable bonds is 3. The molecule has 1 aliphatic rings. The van der Waals surface area contributed by atoms with E-state index in [1.54, 1.807) is 0 Å². The second-order valence-corrected chi connectivity index (χ2v) is 5.36. The number of ether oxygens (including phenoxy) is 2. The standard InChI is InChI=1S/C12H15BrN2O2S/c13-9-2-1-3-11(6-9)17-8-10-7-16-5-4-15(10)12(14)18/h1-3,6,10H,4-5,7-8H2,(H2,14,18)/t10-/m1/s1. The van der Waals surface area contributed by atoms with E-state index in [4.69, 9.17) is 27.4 Å². The molecular formula is C12H15BrN2O2S. The number of nitrogens with zero attached hydrogens (tertiary/aromatic N) is 1. The zero-order chi connectivity index (χ0) is 13.0. The number of morpholine rings is 1. The largest absolute Gasteiger partial charge is 0.491 e. The Morgan fingerprint density at radius 1 is 1.61 bits per heavy atom. The third-order valence-electron chi connectivity index (χ3n) is 2.75. The van der Waals surface area contributed by atoms with E-state index >= 15 is 0 Å². The fourth-order valence-electron chi connectivity index (χ4n) is 1.83. The Kier molecular flexibility index (Phi) is 4.79. The molecule has 0 amide bonds. The van der Waals surface area contributed by atoms with Crippen molar-refractivity contribution in [3.05, 3.63) is 28.7 Å². The second kappa shape index (κ2) is 6.36. The first kappa shape index (κ1) is 13.6. The monoisotopic (exact) mass is 330 g/mol. The van der Waals surface area contributed by atoms with E-state index in [0.717, 1.165) is 16.8 Å². The van der Waals surface area contributed by atoms with Crippen LogP contribution >= 0.6 is 28.1 Å². The zero-order valence-corrected chi connectivity index (χ0v) is 12.2. The number of benzene rings is 1. The van der Waals surface area contributed by atoms with Crippen LogP contribution in [-0.2, 0) is 4.74 Å². The van der Waals surface area contributed by atoms with Gasteiger partial charge in [0.25, 0.3) is 0 Å². The lowest BCUT2D eigenvalue weighted by Gasteiger charge is -2.35. The highest BCUT2D eigenvalue weighted by molar-refractivity contribution is 9.10. The van der Waals surface area contributed by atoms with Crippen molar-refractivity contribution in [1.29, 1.82) is 0 Å². The van der Waals surface area contributed by atoms with Crippen molar-refractivity contribution >= 4 is 33.3 Å². The smallest absolute Gasteiger partial charge is 0.166 e. The van der Waals surface area contributed by atoms with Crippen LogP contribution in [0.3, 0.4) is 0 Å². The summed E-state index contributed by atoms with van der Waals surface area (Å²) in [6, 6.07) is 7.81. The highest BCUT2D eigenvalue weighted by Crippen LogP contribution is 2.18. The van der Waals surface area contributed by atoms with Gasteiger partial charge in [0.1, 0.15) is 12.4 Å². The first-order valence-corrected chi connectivity index (χ1v) is 6.89. The molecule has 1 atom stereocenters. The van der Waals surface area contributed by atoms with Gasteiger partial charge in [-0.05, 0) is 30.4 Å². The SMILES string of the molecule is NC(=S)N1CCOC[C@@H]1COc1cccc(Br)c1. The number of halogens is 1. The molecule has 1 fully saturated rings. The lowest BCUT2D eigenvalue weighted by molar-refractivity contribution is 0.00958. The van der Waals surface area contributed by atoms with Gasteiger partial charge in [0, 0.05) is 11.0 Å². The molecule has 2 rings (SSSR count). The molecule has 1 aromatic rings. The number of hydrogen-bond acceptors (Lipinski definition) is 3.